The van der Waals surface area contributed by atoms with Crippen molar-refractivity contribution in [1.29, 1.82) is 0 Å². The number of benzene rings is 1. The fourth-order valence-electron chi connectivity index (χ4n) is 4.00. The van der Waals surface area contributed by atoms with Crippen LogP contribution in [-0.4, -0.2) is 0 Å². The van der Waals surface area contributed by atoms with Crippen molar-refractivity contribution in [2.75, 3.05) is 0 Å². The van der Waals surface area contributed by atoms with Crippen molar-refractivity contribution in [1.82, 2.24) is 0 Å². The molecule has 0 bridgehead atoms. The van der Waals surface area contributed by atoms with Crippen LogP contribution in [-0.2, 0) is 25.7 Å². The van der Waals surface area contributed by atoms with Gasteiger partial charge in [-0.25, -0.2) is 0 Å². The smallest absolute Gasteiger partial charge is 0.0143 e. The highest BCUT2D eigenvalue weighted by atomic mass is 14.2. The Balaban J connectivity index is 3.04. The lowest BCUT2D eigenvalue weighted by Crippen LogP contribution is -2.07. The summed E-state index contributed by atoms with van der Waals surface area (Å²) in [4.78, 5) is 0. The van der Waals surface area contributed by atoms with E-state index in [0.29, 0.717) is 0 Å². The van der Waals surface area contributed by atoms with Crippen molar-refractivity contribution < 1.29 is 0 Å². The summed E-state index contributed by atoms with van der Waals surface area (Å²) in [5.41, 5.74) is 6.62. The zero-order valence-corrected chi connectivity index (χ0v) is 18.4. The van der Waals surface area contributed by atoms with Crippen molar-refractivity contribution in [3.63, 3.8) is 0 Å². The van der Waals surface area contributed by atoms with Gasteiger partial charge in [0.25, 0.3) is 0 Å². The van der Waals surface area contributed by atoms with Crippen LogP contribution in [0.25, 0.3) is 0 Å². The third kappa shape index (κ3) is 8.74. The van der Waals surface area contributed by atoms with E-state index < -0.39 is 0 Å². The van der Waals surface area contributed by atoms with E-state index >= 15 is 0 Å². The highest BCUT2D eigenvalue weighted by Gasteiger charge is 2.13. The van der Waals surface area contributed by atoms with E-state index in [-0.39, 0.29) is 0 Å². The van der Waals surface area contributed by atoms with E-state index in [1.165, 1.54) is 103 Å². The Morgan fingerprint density at radius 1 is 0.538 bits per heavy atom. The first kappa shape index (κ1) is 23.3. The van der Waals surface area contributed by atoms with Crippen LogP contribution in [0.4, 0.5) is 0 Å². The Hall–Kier alpha value is -0.780. The van der Waals surface area contributed by atoms with Gasteiger partial charge in [-0.3, -0.25) is 0 Å². The van der Waals surface area contributed by atoms with Crippen LogP contribution in [0.2, 0.25) is 0 Å². The van der Waals surface area contributed by atoms with Gasteiger partial charge in [0.2, 0.25) is 0 Å². The molecule has 26 heavy (non-hydrogen) atoms. The fraction of sp³-hybridized carbons (Fsp3) is 0.769. The second-order valence-electron chi connectivity index (χ2n) is 8.08. The third-order valence-electron chi connectivity index (χ3n) is 5.68. The zero-order valence-electron chi connectivity index (χ0n) is 18.4. The minimum atomic E-state index is 1.24. The van der Waals surface area contributed by atoms with Crippen LogP contribution < -0.4 is 0 Å². The summed E-state index contributed by atoms with van der Waals surface area (Å²) >= 11 is 0. The fourth-order valence-corrected chi connectivity index (χ4v) is 4.00. The normalized spacial score (nSPS) is 11.2. The number of hydrogen-bond donors (Lipinski definition) is 0. The van der Waals surface area contributed by atoms with Gasteiger partial charge in [0.05, 0.1) is 0 Å². The number of unbranched alkanes of at least 4 members (excludes halogenated alkanes) is 8. The van der Waals surface area contributed by atoms with Gasteiger partial charge in [-0.2, -0.15) is 0 Å². The maximum atomic E-state index is 3.75. The largest absolute Gasteiger partial charge is 0.0654 e. The van der Waals surface area contributed by atoms with Crippen molar-refractivity contribution >= 4 is 0 Å². The Morgan fingerprint density at radius 2 is 1.00 bits per heavy atom. The average molecular weight is 358 g/mol. The lowest BCUT2D eigenvalue weighted by atomic mass is 9.86. The molecule has 1 rings (SSSR count). The number of aryl methyl sites for hydroxylation is 2. The molecule has 0 heterocycles. The molecule has 0 aliphatic carbocycles. The van der Waals surface area contributed by atoms with E-state index in [1.807, 2.05) is 0 Å². The number of hydrogen-bond acceptors (Lipinski definition) is 0. The standard InChI is InChI=1S/C26H45/c1-5-9-13-17-23-21-22-24(18-14-10-6-2)26(20-16-12-8-4)25(23)19-15-11-7-3/h21H,5-20H2,1-4H3. The van der Waals surface area contributed by atoms with E-state index in [2.05, 4.69) is 39.8 Å². The molecular weight excluding hydrogens is 312 g/mol. The Kier molecular flexibility index (Phi) is 13.7. The Morgan fingerprint density at radius 3 is 1.54 bits per heavy atom. The third-order valence-corrected chi connectivity index (χ3v) is 5.68. The summed E-state index contributed by atoms with van der Waals surface area (Å²) in [6, 6.07) is 6.13. The summed E-state index contributed by atoms with van der Waals surface area (Å²) in [6.45, 7) is 9.25. The minimum absolute atomic E-state index is 1.24. The highest BCUT2D eigenvalue weighted by Crippen LogP contribution is 2.27. The molecule has 0 unspecified atom stereocenters. The summed E-state index contributed by atoms with van der Waals surface area (Å²) in [5, 5.41) is 0. The van der Waals surface area contributed by atoms with Crippen LogP contribution in [0.5, 0.6) is 0 Å². The molecule has 0 atom stereocenters. The molecule has 0 heteroatoms. The van der Waals surface area contributed by atoms with Gasteiger partial charge < -0.3 is 0 Å². The lowest BCUT2D eigenvalue weighted by Gasteiger charge is -2.19. The molecule has 0 spiro atoms. The van der Waals surface area contributed by atoms with E-state index in [4.69, 9.17) is 0 Å². The first-order chi connectivity index (χ1) is 12.8. The lowest BCUT2D eigenvalue weighted by molar-refractivity contribution is 0.666. The van der Waals surface area contributed by atoms with E-state index in [0.717, 1.165) is 0 Å². The highest BCUT2D eigenvalue weighted by molar-refractivity contribution is 5.41. The quantitative estimate of drug-likeness (QED) is 0.260. The minimum Gasteiger partial charge on any atom is -0.0654 e. The molecule has 0 nitrogen and oxygen atoms in total. The number of rotatable bonds is 16. The molecule has 1 aromatic rings. The first-order valence-electron chi connectivity index (χ1n) is 11.8. The summed E-state index contributed by atoms with van der Waals surface area (Å²) in [6.07, 6.45) is 21.2. The summed E-state index contributed by atoms with van der Waals surface area (Å²) in [5.74, 6) is 0. The van der Waals surface area contributed by atoms with Gasteiger partial charge >= 0.3 is 0 Å². The van der Waals surface area contributed by atoms with Gasteiger partial charge in [0, 0.05) is 0 Å². The molecule has 0 saturated carbocycles. The monoisotopic (exact) mass is 357 g/mol. The van der Waals surface area contributed by atoms with Gasteiger partial charge in [0.1, 0.15) is 0 Å². The SMILES string of the molecule is CCCCCc1[c]cc(CCCCC)c(CCCCC)c1CCCCC. The second kappa shape index (κ2) is 15.3. The van der Waals surface area contributed by atoms with Gasteiger partial charge in [0.15, 0.2) is 0 Å². The van der Waals surface area contributed by atoms with Crippen LogP contribution in [0.15, 0.2) is 6.07 Å². The van der Waals surface area contributed by atoms with Crippen LogP contribution in [0, 0.1) is 6.07 Å². The Labute approximate surface area is 165 Å². The molecule has 149 valence electrons. The maximum absolute atomic E-state index is 3.75. The van der Waals surface area contributed by atoms with E-state index in [9.17, 15) is 0 Å². The average Bonchev–Trinajstić information content (AvgIpc) is 2.65. The molecule has 0 amide bonds. The molecule has 0 aliphatic rings. The molecule has 0 N–H and O–H groups in total. The van der Waals surface area contributed by atoms with Gasteiger partial charge in [-0.05, 0) is 79.7 Å². The predicted octanol–water partition coefficient (Wildman–Crippen LogP) is 8.42. The Bertz CT molecular complexity index is 414. The first-order valence-corrected chi connectivity index (χ1v) is 11.8. The second-order valence-corrected chi connectivity index (χ2v) is 8.08. The molecule has 0 saturated heterocycles. The van der Waals surface area contributed by atoms with Crippen molar-refractivity contribution in [2.24, 2.45) is 0 Å². The topological polar surface area (TPSA) is 0 Å². The van der Waals surface area contributed by atoms with E-state index in [1.54, 1.807) is 22.3 Å². The molecule has 0 aliphatic heterocycles. The summed E-state index contributed by atoms with van der Waals surface area (Å²) in [7, 11) is 0. The van der Waals surface area contributed by atoms with Crippen LogP contribution in [0.1, 0.15) is 127 Å². The molecule has 1 aromatic carbocycles. The molecule has 0 fully saturated rings. The predicted molar refractivity (Wildman–Crippen MR) is 118 cm³/mol. The van der Waals surface area contributed by atoms with Crippen LogP contribution in [0.3, 0.4) is 0 Å². The van der Waals surface area contributed by atoms with Crippen molar-refractivity contribution in [3.8, 4) is 0 Å². The van der Waals surface area contributed by atoms with Gasteiger partial charge in [-0.1, -0.05) is 85.1 Å². The summed E-state index contributed by atoms with van der Waals surface area (Å²) < 4.78 is 0. The van der Waals surface area contributed by atoms with Crippen molar-refractivity contribution in [3.05, 3.63) is 34.4 Å². The molecule has 1 radical (unpaired) electrons. The van der Waals surface area contributed by atoms with Crippen LogP contribution >= 0.6 is 0 Å². The van der Waals surface area contributed by atoms with Gasteiger partial charge in [-0.15, -0.1) is 0 Å². The molecule has 0 aromatic heterocycles. The zero-order chi connectivity index (χ0) is 19.0. The van der Waals surface area contributed by atoms with Crippen molar-refractivity contribution in [2.45, 2.75) is 130 Å². The maximum Gasteiger partial charge on any atom is -0.0143 e. The molecular formula is C26H45.